The number of fused-ring (bicyclic) bond motifs is 2. The van der Waals surface area contributed by atoms with E-state index in [-0.39, 0.29) is 29.5 Å². The van der Waals surface area contributed by atoms with E-state index in [4.69, 9.17) is 0 Å². The Hall–Kier alpha value is -2.90. The van der Waals surface area contributed by atoms with Crippen LogP contribution in [0.3, 0.4) is 0 Å². The van der Waals surface area contributed by atoms with Crippen molar-refractivity contribution in [3.63, 3.8) is 0 Å². The van der Waals surface area contributed by atoms with Crippen molar-refractivity contribution >= 4 is 33.0 Å². The summed E-state index contributed by atoms with van der Waals surface area (Å²) in [5, 5.41) is 23.2. The average Bonchev–Trinajstić information content (AvgIpc) is 3.00. The van der Waals surface area contributed by atoms with Gasteiger partial charge < -0.3 is 15.1 Å². The van der Waals surface area contributed by atoms with Crippen LogP contribution < -0.4 is 15.8 Å². The number of nitrogens with zero attached hydrogens (tertiary/aromatic N) is 2. The Morgan fingerprint density at radius 3 is 2.40 bits per heavy atom. The van der Waals surface area contributed by atoms with Crippen LogP contribution in [0.2, 0.25) is 0 Å². The van der Waals surface area contributed by atoms with Crippen molar-refractivity contribution in [2.45, 2.75) is 0 Å². The zero-order chi connectivity index (χ0) is 17.6. The maximum absolute atomic E-state index is 12.8. The van der Waals surface area contributed by atoms with Gasteiger partial charge in [0.05, 0.1) is 29.6 Å². The maximum Gasteiger partial charge on any atom is 0.201 e. The summed E-state index contributed by atoms with van der Waals surface area (Å²) in [7, 11) is 0. The lowest BCUT2D eigenvalue weighted by molar-refractivity contribution is 0.281. The molecule has 0 unspecified atom stereocenters. The molecule has 0 atom stereocenters. The summed E-state index contributed by atoms with van der Waals surface area (Å²) in [6.45, 7) is 0.478. The predicted molar refractivity (Wildman–Crippen MR) is 96.9 cm³/mol. The molecule has 0 radical (unpaired) electrons. The predicted octanol–water partition coefficient (Wildman–Crippen LogP) is 0.523. The largest absolute Gasteiger partial charge is 0.395 e. The second kappa shape index (κ2) is 5.87. The van der Waals surface area contributed by atoms with Gasteiger partial charge in [-0.1, -0.05) is 12.1 Å². The molecule has 2 heterocycles. The van der Waals surface area contributed by atoms with Crippen molar-refractivity contribution in [1.29, 1.82) is 0 Å². The van der Waals surface area contributed by atoms with Crippen LogP contribution >= 0.6 is 0 Å². The highest BCUT2D eigenvalue weighted by Gasteiger charge is 2.20. The van der Waals surface area contributed by atoms with E-state index < -0.39 is 0 Å². The fourth-order valence-corrected chi connectivity index (χ4v) is 3.43. The molecule has 7 nitrogen and oxygen atoms in total. The topological polar surface area (TPSA) is 98.0 Å². The first kappa shape index (κ1) is 15.6. The molecule has 0 saturated heterocycles. The lowest BCUT2D eigenvalue weighted by Crippen LogP contribution is -2.30. The zero-order valence-corrected chi connectivity index (χ0v) is 13.4. The molecule has 0 aliphatic heterocycles. The number of H-pyrrole nitrogens is 1. The summed E-state index contributed by atoms with van der Waals surface area (Å²) in [5.41, 5.74) is 0.608. The van der Waals surface area contributed by atoms with E-state index in [9.17, 15) is 19.8 Å². The highest BCUT2D eigenvalue weighted by Crippen LogP contribution is 2.29. The van der Waals surface area contributed by atoms with Crippen molar-refractivity contribution in [3.8, 4) is 0 Å². The Kier molecular flexibility index (Phi) is 3.67. The fraction of sp³-hybridized carbons (Fsp3) is 0.222. The molecule has 0 aliphatic rings. The van der Waals surface area contributed by atoms with Crippen LogP contribution in [0.4, 0.5) is 5.82 Å². The van der Waals surface area contributed by atoms with Gasteiger partial charge in [0.25, 0.3) is 0 Å². The molecule has 0 fully saturated rings. The minimum Gasteiger partial charge on any atom is -0.395 e. The molecule has 0 amide bonds. The maximum atomic E-state index is 12.8. The second-order valence-electron chi connectivity index (χ2n) is 5.91. The van der Waals surface area contributed by atoms with Gasteiger partial charge in [-0.15, -0.1) is 0 Å². The van der Waals surface area contributed by atoms with Crippen molar-refractivity contribution in [3.05, 3.63) is 56.8 Å². The molecule has 3 N–H and O–H groups in total. The third kappa shape index (κ3) is 2.20. The van der Waals surface area contributed by atoms with Crippen LogP contribution in [0.15, 0.2) is 46.0 Å². The Labute approximate surface area is 141 Å². The summed E-state index contributed by atoms with van der Waals surface area (Å²) in [6.07, 6.45) is 0. The Balaban J connectivity index is 2.19. The third-order valence-electron chi connectivity index (χ3n) is 4.51. The van der Waals surface area contributed by atoms with Crippen molar-refractivity contribution < 1.29 is 10.2 Å². The monoisotopic (exact) mass is 339 g/mol. The van der Waals surface area contributed by atoms with E-state index in [1.54, 1.807) is 27.6 Å². The van der Waals surface area contributed by atoms with Gasteiger partial charge in [0.2, 0.25) is 5.43 Å². The number of aliphatic hydroxyl groups excluding tert-OH is 2. The number of rotatable bonds is 5. The average molecular weight is 339 g/mol. The van der Waals surface area contributed by atoms with Gasteiger partial charge in [-0.3, -0.25) is 19.2 Å². The number of aromatic amines is 1. The van der Waals surface area contributed by atoms with E-state index in [1.807, 2.05) is 12.1 Å². The van der Waals surface area contributed by atoms with Gasteiger partial charge in [0.1, 0.15) is 5.82 Å². The molecule has 0 saturated carbocycles. The molecule has 128 valence electrons. The summed E-state index contributed by atoms with van der Waals surface area (Å²) < 4.78 is 1.74. The normalized spacial score (nSPS) is 11.8. The summed E-state index contributed by atoms with van der Waals surface area (Å²) in [4.78, 5) is 27.0. The SMILES string of the molecule is O=c1ccc2c(N(CCO)CCO)[nH]n3c4ccccc4c(=O)c1c23. The molecular weight excluding hydrogens is 322 g/mol. The number of pyridine rings is 1. The van der Waals surface area contributed by atoms with Crippen LogP contribution in [0.25, 0.3) is 27.2 Å². The molecule has 0 spiro atoms. The molecule has 4 aromatic rings. The number of aromatic nitrogens is 2. The minimum absolute atomic E-state index is 0.0808. The van der Waals surface area contributed by atoms with Crippen LogP contribution in [0, 0.1) is 0 Å². The van der Waals surface area contributed by atoms with Crippen molar-refractivity contribution in [1.82, 2.24) is 9.61 Å². The molecule has 4 rings (SSSR count). The lowest BCUT2D eigenvalue weighted by atomic mass is 10.1. The fourth-order valence-electron chi connectivity index (χ4n) is 3.43. The van der Waals surface area contributed by atoms with E-state index in [2.05, 4.69) is 5.10 Å². The first-order valence-corrected chi connectivity index (χ1v) is 8.06. The van der Waals surface area contributed by atoms with Gasteiger partial charge >= 0.3 is 0 Å². The summed E-state index contributed by atoms with van der Waals surface area (Å²) >= 11 is 0. The highest BCUT2D eigenvalue weighted by molar-refractivity contribution is 6.06. The Bertz CT molecular complexity index is 1170. The Morgan fingerprint density at radius 2 is 1.68 bits per heavy atom. The molecular formula is C18H17N3O4. The molecule has 2 aromatic carbocycles. The molecule has 0 bridgehead atoms. The van der Waals surface area contributed by atoms with E-state index in [1.165, 1.54) is 6.07 Å². The molecule has 25 heavy (non-hydrogen) atoms. The van der Waals surface area contributed by atoms with Crippen molar-refractivity contribution in [2.24, 2.45) is 0 Å². The van der Waals surface area contributed by atoms with Crippen LogP contribution in [-0.2, 0) is 0 Å². The van der Waals surface area contributed by atoms with E-state index >= 15 is 0 Å². The van der Waals surface area contributed by atoms with Crippen molar-refractivity contribution in [2.75, 3.05) is 31.2 Å². The van der Waals surface area contributed by atoms with Gasteiger partial charge in [0, 0.05) is 23.9 Å². The zero-order valence-electron chi connectivity index (χ0n) is 13.4. The second-order valence-corrected chi connectivity index (χ2v) is 5.91. The molecule has 7 heteroatoms. The lowest BCUT2D eigenvalue weighted by Gasteiger charge is -2.21. The molecule has 0 aliphatic carbocycles. The van der Waals surface area contributed by atoms with Crippen LogP contribution in [0.1, 0.15) is 0 Å². The van der Waals surface area contributed by atoms with Gasteiger partial charge in [0.15, 0.2) is 5.43 Å². The summed E-state index contributed by atoms with van der Waals surface area (Å²) in [6, 6.07) is 10.2. The van der Waals surface area contributed by atoms with Gasteiger partial charge in [-0.05, 0) is 24.3 Å². The first-order chi connectivity index (χ1) is 12.2. The molecule has 2 aromatic heterocycles. The van der Waals surface area contributed by atoms with Crippen LogP contribution in [-0.4, -0.2) is 46.1 Å². The van der Waals surface area contributed by atoms with Crippen LogP contribution in [0.5, 0.6) is 0 Å². The number of nitrogens with one attached hydrogen (secondary N) is 1. The highest BCUT2D eigenvalue weighted by atomic mass is 16.3. The number of aliphatic hydroxyl groups is 2. The standard InChI is InChI=1S/C18H17N3O4/c22-9-7-20(8-10-23)18-12-5-6-14(24)15-16(12)21(19-18)13-4-2-1-3-11(13)17(15)25/h1-6,19,22-23H,7-10H2. The minimum atomic E-state index is -0.317. The summed E-state index contributed by atoms with van der Waals surface area (Å²) in [5.74, 6) is 0.656. The number of anilines is 1. The van der Waals surface area contributed by atoms with Gasteiger partial charge in [-0.25, -0.2) is 0 Å². The number of hydrogen-bond acceptors (Lipinski definition) is 5. The Morgan fingerprint density at radius 1 is 0.960 bits per heavy atom. The van der Waals surface area contributed by atoms with Gasteiger partial charge in [-0.2, -0.15) is 0 Å². The smallest absolute Gasteiger partial charge is 0.201 e. The number of para-hydroxylation sites is 1. The van der Waals surface area contributed by atoms with E-state index in [0.29, 0.717) is 40.7 Å². The third-order valence-corrected chi connectivity index (χ3v) is 4.51. The van der Waals surface area contributed by atoms with E-state index in [0.717, 1.165) is 0 Å². The number of benzene rings is 2. The number of hydrogen-bond donors (Lipinski definition) is 3. The first-order valence-electron chi connectivity index (χ1n) is 8.06. The quantitative estimate of drug-likeness (QED) is 0.461.